The van der Waals surface area contributed by atoms with Crippen molar-refractivity contribution in [2.75, 3.05) is 6.26 Å². The summed E-state index contributed by atoms with van der Waals surface area (Å²) < 4.78 is 24.8. The summed E-state index contributed by atoms with van der Waals surface area (Å²) >= 11 is 5.45. The Morgan fingerprint density at radius 2 is 2.18 bits per heavy atom. The van der Waals surface area contributed by atoms with Gasteiger partial charge in [0.15, 0.2) is 0 Å². The minimum absolute atomic E-state index is 0.165. The summed E-state index contributed by atoms with van der Waals surface area (Å²) in [7, 11) is -3.51. The maximum absolute atomic E-state index is 10.4. The molecule has 0 aliphatic carbocycles. The van der Waals surface area contributed by atoms with Crippen LogP contribution >= 0.6 is 11.6 Å². The van der Waals surface area contributed by atoms with E-state index in [1.807, 2.05) is 6.92 Å². The van der Waals surface area contributed by atoms with Crippen LogP contribution in [0.15, 0.2) is 5.16 Å². The number of hydrogen-bond acceptors (Lipinski definition) is 4. The van der Waals surface area contributed by atoms with Crippen molar-refractivity contribution in [3.8, 4) is 0 Å². The second-order valence-corrected chi connectivity index (χ2v) is 3.99. The lowest BCUT2D eigenvalue weighted by molar-refractivity contribution is 0.343. The molecule has 0 N–H and O–H groups in total. The monoisotopic (exact) mass is 199 g/mol. The zero-order valence-corrected chi connectivity index (χ0v) is 7.94. The van der Waals surface area contributed by atoms with Crippen molar-refractivity contribution >= 4 is 26.9 Å². The van der Waals surface area contributed by atoms with Crippen LogP contribution < -0.4 is 0 Å². The molecule has 4 nitrogen and oxygen atoms in total. The lowest BCUT2D eigenvalue weighted by Gasteiger charge is -1.94. The molecule has 0 fully saturated rings. The fourth-order valence-electron chi connectivity index (χ4n) is 0.360. The first-order valence-electron chi connectivity index (χ1n) is 3.06. The van der Waals surface area contributed by atoms with Gasteiger partial charge in [0.2, 0.25) is 0 Å². The van der Waals surface area contributed by atoms with Gasteiger partial charge in [-0.25, -0.2) is 0 Å². The minimum Gasteiger partial charge on any atom is -0.268 e. The van der Waals surface area contributed by atoms with Gasteiger partial charge in [0.25, 0.3) is 0 Å². The molecule has 0 aromatic rings. The van der Waals surface area contributed by atoms with Gasteiger partial charge in [0.1, 0.15) is 5.17 Å². The molecule has 0 rings (SSSR count). The molecule has 0 saturated carbocycles. The number of nitrogens with zero attached hydrogens (tertiary/aromatic N) is 1. The third-order valence-electron chi connectivity index (χ3n) is 0.728. The van der Waals surface area contributed by atoms with Crippen LogP contribution in [0.5, 0.6) is 0 Å². The Kier molecular flexibility index (Phi) is 4.44. The third kappa shape index (κ3) is 7.61. The normalized spacial score (nSPS) is 13.2. The molecular weight excluding hydrogens is 190 g/mol. The number of halogens is 1. The van der Waals surface area contributed by atoms with Crippen molar-refractivity contribution in [3.05, 3.63) is 0 Å². The highest BCUT2D eigenvalue weighted by molar-refractivity contribution is 7.85. The number of hydrogen-bond donors (Lipinski definition) is 0. The standard InChI is InChI=1S/C5H10ClNO3S/c1-3-4-5(6)7-10-11(2,8)9/h3-4H2,1-2H3/b7-5-. The van der Waals surface area contributed by atoms with Crippen LogP contribution in [0.25, 0.3) is 0 Å². The summed E-state index contributed by atoms with van der Waals surface area (Å²) in [5, 5.41) is 3.34. The van der Waals surface area contributed by atoms with E-state index in [4.69, 9.17) is 11.6 Å². The smallest absolute Gasteiger partial charge is 0.268 e. The van der Waals surface area contributed by atoms with Crippen molar-refractivity contribution in [2.45, 2.75) is 19.8 Å². The molecule has 0 aromatic heterocycles. The Morgan fingerprint density at radius 1 is 1.64 bits per heavy atom. The molecular formula is C5H10ClNO3S. The van der Waals surface area contributed by atoms with E-state index in [0.717, 1.165) is 12.7 Å². The quantitative estimate of drug-likeness (QED) is 0.507. The van der Waals surface area contributed by atoms with E-state index < -0.39 is 10.1 Å². The molecule has 0 unspecified atom stereocenters. The highest BCUT2D eigenvalue weighted by Crippen LogP contribution is 1.99. The van der Waals surface area contributed by atoms with Crippen molar-refractivity contribution in [1.82, 2.24) is 0 Å². The van der Waals surface area contributed by atoms with E-state index in [1.54, 1.807) is 0 Å². The van der Waals surface area contributed by atoms with Gasteiger partial charge in [-0.15, -0.1) is 0 Å². The Bertz CT molecular complexity index is 234. The maximum atomic E-state index is 10.4. The molecule has 6 heteroatoms. The van der Waals surface area contributed by atoms with Crippen LogP contribution in [0.3, 0.4) is 0 Å². The van der Waals surface area contributed by atoms with Crippen LogP contribution in [-0.4, -0.2) is 19.8 Å². The molecule has 0 atom stereocenters. The molecule has 0 aromatic carbocycles. The molecule has 11 heavy (non-hydrogen) atoms. The van der Waals surface area contributed by atoms with Crippen molar-refractivity contribution < 1.29 is 12.7 Å². The first-order chi connectivity index (χ1) is 4.95. The average molecular weight is 200 g/mol. The van der Waals surface area contributed by atoms with E-state index in [9.17, 15) is 8.42 Å². The van der Waals surface area contributed by atoms with Crippen LogP contribution in [-0.2, 0) is 14.4 Å². The summed E-state index contributed by atoms with van der Waals surface area (Å²) in [5.74, 6) is 0. The average Bonchev–Trinajstić information content (AvgIpc) is 1.83. The molecule has 0 radical (unpaired) electrons. The Labute approximate surface area is 71.3 Å². The fourth-order valence-corrected chi connectivity index (χ4v) is 0.850. The summed E-state index contributed by atoms with van der Waals surface area (Å²) in [6.45, 7) is 1.90. The number of rotatable bonds is 4. The SMILES string of the molecule is CCC/C(Cl)=N/OS(C)(=O)=O. The van der Waals surface area contributed by atoms with Gasteiger partial charge in [-0.2, -0.15) is 8.42 Å². The van der Waals surface area contributed by atoms with Gasteiger partial charge < -0.3 is 0 Å². The van der Waals surface area contributed by atoms with E-state index >= 15 is 0 Å². The molecule has 0 amide bonds. The molecule has 0 aliphatic heterocycles. The van der Waals surface area contributed by atoms with Crippen molar-refractivity contribution in [3.63, 3.8) is 0 Å². The topological polar surface area (TPSA) is 55.7 Å². The van der Waals surface area contributed by atoms with Gasteiger partial charge in [0, 0.05) is 6.42 Å². The Morgan fingerprint density at radius 3 is 2.55 bits per heavy atom. The summed E-state index contributed by atoms with van der Waals surface area (Å²) in [6, 6.07) is 0. The minimum atomic E-state index is -3.51. The highest BCUT2D eigenvalue weighted by atomic mass is 35.5. The number of oxime groups is 1. The van der Waals surface area contributed by atoms with Gasteiger partial charge in [-0.1, -0.05) is 23.7 Å². The predicted molar refractivity (Wildman–Crippen MR) is 44.1 cm³/mol. The molecule has 0 saturated heterocycles. The highest BCUT2D eigenvalue weighted by Gasteiger charge is 2.00. The summed E-state index contributed by atoms with van der Waals surface area (Å²) in [4.78, 5) is 0. The van der Waals surface area contributed by atoms with E-state index in [1.165, 1.54) is 0 Å². The second kappa shape index (κ2) is 4.56. The van der Waals surface area contributed by atoms with Crippen LogP contribution in [0, 0.1) is 0 Å². The van der Waals surface area contributed by atoms with Crippen molar-refractivity contribution in [2.24, 2.45) is 5.16 Å². The predicted octanol–water partition coefficient (Wildman–Crippen LogP) is 1.32. The Balaban J connectivity index is 3.93. The van der Waals surface area contributed by atoms with Crippen molar-refractivity contribution in [1.29, 1.82) is 0 Å². The van der Waals surface area contributed by atoms with Crippen LogP contribution in [0.4, 0.5) is 0 Å². The first-order valence-corrected chi connectivity index (χ1v) is 5.26. The van der Waals surface area contributed by atoms with Crippen LogP contribution in [0.1, 0.15) is 19.8 Å². The van der Waals surface area contributed by atoms with Crippen LogP contribution in [0.2, 0.25) is 0 Å². The lowest BCUT2D eigenvalue weighted by atomic mass is 10.4. The fraction of sp³-hybridized carbons (Fsp3) is 0.800. The van der Waals surface area contributed by atoms with Gasteiger partial charge in [0.05, 0.1) is 6.26 Å². The van der Waals surface area contributed by atoms with E-state index in [0.29, 0.717) is 6.42 Å². The third-order valence-corrected chi connectivity index (χ3v) is 1.33. The molecule has 66 valence electrons. The molecule has 0 spiro atoms. The van der Waals surface area contributed by atoms with Gasteiger partial charge in [-0.05, 0) is 6.42 Å². The molecule has 0 aliphatic rings. The largest absolute Gasteiger partial charge is 0.325 e. The zero-order valence-electron chi connectivity index (χ0n) is 6.37. The first kappa shape index (κ1) is 10.7. The summed E-state index contributed by atoms with van der Waals surface area (Å²) in [5.41, 5.74) is 0. The summed E-state index contributed by atoms with van der Waals surface area (Å²) in [6.07, 6.45) is 2.24. The van der Waals surface area contributed by atoms with Gasteiger partial charge in [-0.3, -0.25) is 4.28 Å². The second-order valence-electron chi connectivity index (χ2n) is 2.00. The van der Waals surface area contributed by atoms with E-state index in [2.05, 4.69) is 9.44 Å². The lowest BCUT2D eigenvalue weighted by Crippen LogP contribution is -1.99. The maximum Gasteiger partial charge on any atom is 0.325 e. The Hall–Kier alpha value is -0.290. The molecule has 0 bridgehead atoms. The van der Waals surface area contributed by atoms with Gasteiger partial charge >= 0.3 is 10.1 Å². The van der Waals surface area contributed by atoms with E-state index in [-0.39, 0.29) is 5.17 Å². The zero-order chi connectivity index (χ0) is 8.91. The molecule has 0 heterocycles.